The number of amides is 2. The normalized spacial score (nSPS) is 18.6. The van der Waals surface area contributed by atoms with Crippen LogP contribution in [0.5, 0.6) is 0 Å². The van der Waals surface area contributed by atoms with Gasteiger partial charge >= 0.3 is 11.9 Å². The first-order chi connectivity index (χ1) is 20.3. The first kappa shape index (κ1) is 31.6. The Morgan fingerprint density at radius 3 is 2.58 bits per heavy atom. The number of nitrogen functional groups attached to an aromatic ring is 1. The number of aromatic nitrogens is 3. The third-order valence-corrected chi connectivity index (χ3v) is 8.55. The Labute approximate surface area is 254 Å². The predicted octanol–water partition coefficient (Wildman–Crippen LogP) is -0.914. The largest absolute Gasteiger partial charge is 0.478 e. The Bertz CT molecular complexity index is 1480. The van der Waals surface area contributed by atoms with E-state index in [0.717, 1.165) is 35.2 Å². The number of hydrogen-bond acceptors (Lipinski definition) is 13. The van der Waals surface area contributed by atoms with Crippen molar-refractivity contribution >= 4 is 63.6 Å². The lowest BCUT2D eigenvalue weighted by molar-refractivity contribution is -0.689. The summed E-state index contributed by atoms with van der Waals surface area (Å²) in [6, 6.07) is 2.78. The van der Waals surface area contributed by atoms with Crippen LogP contribution >= 0.6 is 23.3 Å². The van der Waals surface area contributed by atoms with Crippen molar-refractivity contribution < 1.29 is 38.8 Å². The zero-order chi connectivity index (χ0) is 31.5. The predicted molar refractivity (Wildman–Crippen MR) is 157 cm³/mol. The molecule has 0 aromatic carbocycles. The SMILES string of the molecule is CNCCN(C)c1cc[n+](CC2=C(C(=O)O)N3C(=O)[C@@H](NC(=O)/C(=N\OC(C)(C)C(=O)O)c4nsc(N)n4)[C@H]3SC2)cc1. The minimum atomic E-state index is -1.78. The molecule has 0 radical (unpaired) electrons. The van der Waals surface area contributed by atoms with Gasteiger partial charge in [0.1, 0.15) is 17.1 Å². The number of carbonyl (C=O) groups is 4. The number of oxime groups is 1. The second kappa shape index (κ2) is 12.9. The summed E-state index contributed by atoms with van der Waals surface area (Å²) in [6.07, 6.45) is 3.70. The van der Waals surface area contributed by atoms with E-state index in [2.05, 4.69) is 30.0 Å². The molecule has 18 heteroatoms. The minimum absolute atomic E-state index is 0.0267. The summed E-state index contributed by atoms with van der Waals surface area (Å²) in [5, 5.41) is 28.0. The Morgan fingerprint density at radius 2 is 2.00 bits per heavy atom. The average Bonchev–Trinajstić information content (AvgIpc) is 3.40. The molecule has 4 heterocycles. The number of aliphatic carboxylic acids is 2. The summed E-state index contributed by atoms with van der Waals surface area (Å²) < 4.78 is 5.78. The van der Waals surface area contributed by atoms with Crippen molar-refractivity contribution in [2.45, 2.75) is 37.4 Å². The highest BCUT2D eigenvalue weighted by Crippen LogP contribution is 2.40. The monoisotopic (exact) mass is 634 g/mol. The van der Waals surface area contributed by atoms with Gasteiger partial charge in [0, 0.05) is 60.8 Å². The Hall–Kier alpha value is -4.29. The maximum absolute atomic E-state index is 13.2. The molecule has 0 saturated carbocycles. The van der Waals surface area contributed by atoms with Crippen LogP contribution in [0.2, 0.25) is 0 Å². The number of nitrogens with one attached hydrogen (secondary N) is 2. The number of carbonyl (C=O) groups excluding carboxylic acids is 2. The van der Waals surface area contributed by atoms with E-state index in [1.807, 2.05) is 43.2 Å². The molecule has 43 heavy (non-hydrogen) atoms. The molecule has 2 amide bonds. The molecule has 0 aliphatic carbocycles. The second-order valence-corrected chi connectivity index (χ2v) is 12.1. The number of carboxylic acid groups (broad SMARTS) is 2. The van der Waals surface area contributed by atoms with Gasteiger partial charge in [-0.1, -0.05) is 5.16 Å². The summed E-state index contributed by atoms with van der Waals surface area (Å²) in [5.74, 6) is -4.04. The number of hydrogen-bond donors (Lipinski definition) is 5. The molecule has 4 rings (SSSR count). The van der Waals surface area contributed by atoms with Crippen LogP contribution in [0.15, 0.2) is 41.0 Å². The van der Waals surface area contributed by atoms with E-state index in [4.69, 9.17) is 10.6 Å². The molecule has 1 saturated heterocycles. The number of carboxylic acids is 2. The van der Waals surface area contributed by atoms with Gasteiger partial charge in [-0.05, 0) is 20.9 Å². The highest BCUT2D eigenvalue weighted by Gasteiger charge is 2.55. The van der Waals surface area contributed by atoms with Crippen molar-refractivity contribution in [1.29, 1.82) is 0 Å². The molecule has 0 bridgehead atoms. The highest BCUT2D eigenvalue weighted by molar-refractivity contribution is 8.00. The molecular weight excluding hydrogens is 602 g/mol. The molecular formula is C25H32N9O7S2+. The molecule has 2 aliphatic rings. The van der Waals surface area contributed by atoms with Gasteiger partial charge in [0.2, 0.25) is 17.1 Å². The number of nitrogens with zero attached hydrogens (tertiary/aromatic N) is 6. The van der Waals surface area contributed by atoms with Gasteiger partial charge in [-0.15, -0.1) is 11.8 Å². The van der Waals surface area contributed by atoms with Crippen LogP contribution in [-0.4, -0.2) is 104 Å². The van der Waals surface area contributed by atoms with Crippen molar-refractivity contribution in [3.63, 3.8) is 0 Å². The number of thioether (sulfide) groups is 1. The second-order valence-electron chi connectivity index (χ2n) is 10.2. The molecule has 16 nitrogen and oxygen atoms in total. The lowest BCUT2D eigenvalue weighted by Gasteiger charge is -2.49. The topological polar surface area (TPSA) is 217 Å². The maximum Gasteiger partial charge on any atom is 0.352 e. The first-order valence-electron chi connectivity index (χ1n) is 13.0. The fraction of sp³-hybridized carbons (Fsp3) is 0.440. The summed E-state index contributed by atoms with van der Waals surface area (Å²) in [4.78, 5) is 62.4. The number of rotatable bonds is 13. The van der Waals surface area contributed by atoms with E-state index in [1.54, 1.807) is 0 Å². The van der Waals surface area contributed by atoms with Crippen LogP contribution < -0.4 is 25.8 Å². The number of anilines is 2. The van der Waals surface area contributed by atoms with E-state index < -0.39 is 46.5 Å². The minimum Gasteiger partial charge on any atom is -0.478 e. The molecule has 2 aromatic rings. The van der Waals surface area contributed by atoms with Crippen LogP contribution in [0.3, 0.4) is 0 Å². The van der Waals surface area contributed by atoms with Gasteiger partial charge in [0.15, 0.2) is 24.1 Å². The number of fused-ring (bicyclic) bond motifs is 1. The molecule has 1 fully saturated rings. The Kier molecular flexibility index (Phi) is 9.51. The van der Waals surface area contributed by atoms with E-state index in [1.165, 1.54) is 25.6 Å². The highest BCUT2D eigenvalue weighted by atomic mass is 32.2. The van der Waals surface area contributed by atoms with Crippen molar-refractivity contribution in [2.75, 3.05) is 43.6 Å². The van der Waals surface area contributed by atoms with Crippen LogP contribution in [-0.2, 0) is 30.6 Å². The zero-order valence-electron chi connectivity index (χ0n) is 23.8. The fourth-order valence-electron chi connectivity index (χ4n) is 4.17. The smallest absolute Gasteiger partial charge is 0.352 e. The van der Waals surface area contributed by atoms with Crippen LogP contribution in [0.25, 0.3) is 0 Å². The van der Waals surface area contributed by atoms with Gasteiger partial charge in [-0.2, -0.15) is 9.36 Å². The summed E-state index contributed by atoms with van der Waals surface area (Å²) in [7, 11) is 3.86. The van der Waals surface area contributed by atoms with Crippen molar-refractivity contribution in [2.24, 2.45) is 5.16 Å². The Morgan fingerprint density at radius 1 is 1.30 bits per heavy atom. The fourth-order valence-corrected chi connectivity index (χ4v) is 5.94. The molecule has 230 valence electrons. The van der Waals surface area contributed by atoms with E-state index in [0.29, 0.717) is 11.3 Å². The number of nitrogens with two attached hydrogens (primary N) is 1. The van der Waals surface area contributed by atoms with E-state index in [-0.39, 0.29) is 23.2 Å². The van der Waals surface area contributed by atoms with E-state index >= 15 is 0 Å². The lowest BCUT2D eigenvalue weighted by atomic mass is 10.0. The summed E-state index contributed by atoms with van der Waals surface area (Å²) >= 11 is 2.09. The summed E-state index contributed by atoms with van der Waals surface area (Å²) in [5.41, 5.74) is 4.79. The maximum atomic E-state index is 13.2. The van der Waals surface area contributed by atoms with Crippen LogP contribution in [0, 0.1) is 0 Å². The van der Waals surface area contributed by atoms with Crippen LogP contribution in [0.1, 0.15) is 19.7 Å². The molecule has 2 aromatic heterocycles. The van der Waals surface area contributed by atoms with Gasteiger partial charge < -0.3 is 36.3 Å². The third kappa shape index (κ3) is 6.86. The van der Waals surface area contributed by atoms with Gasteiger partial charge in [0.25, 0.3) is 11.8 Å². The van der Waals surface area contributed by atoms with Gasteiger partial charge in [-0.3, -0.25) is 14.5 Å². The van der Waals surface area contributed by atoms with Gasteiger partial charge in [0.05, 0.1) is 0 Å². The van der Waals surface area contributed by atoms with E-state index in [9.17, 15) is 29.4 Å². The van der Waals surface area contributed by atoms with Gasteiger partial charge in [-0.25, -0.2) is 14.2 Å². The molecule has 2 atom stereocenters. The van der Waals surface area contributed by atoms with Crippen LogP contribution in [0.4, 0.5) is 10.8 Å². The molecule has 0 spiro atoms. The first-order valence-corrected chi connectivity index (χ1v) is 14.8. The number of pyridine rings is 1. The summed E-state index contributed by atoms with van der Waals surface area (Å²) in [6.45, 7) is 4.36. The number of β-lactam (4-membered cyclic amide) rings is 1. The molecule has 2 aliphatic heterocycles. The van der Waals surface area contributed by atoms with Crippen molar-refractivity contribution in [1.82, 2.24) is 24.9 Å². The Balaban J connectivity index is 1.50. The lowest BCUT2D eigenvalue weighted by Crippen LogP contribution is -2.71. The zero-order valence-corrected chi connectivity index (χ0v) is 25.4. The molecule has 0 unspecified atom stereocenters. The third-order valence-electron chi connectivity index (χ3n) is 6.67. The van der Waals surface area contributed by atoms with Crippen molar-refractivity contribution in [3.05, 3.63) is 41.6 Å². The quantitative estimate of drug-likeness (QED) is 0.0781. The molecule has 6 N–H and O–H groups in total. The standard InChI is InChI=1S/C25H31N9O7S2/c1-25(2,23(39)40)41-30-15(18-29-24(26)43-31-18)19(35)28-16-20(36)34-17(22(37)38)13(12-42-21(16)34)11-33-8-5-14(6-9-33)32(4)10-7-27-3/h5-6,8-9,16,21,27H,7,10-12H2,1-4H3,(H4-,26,28,29,31,35,37,38,39,40)/p+1/b30-15-/t16-,21-/m1/s1. The number of likely N-dealkylation sites (N-methyl/N-ethyl adjacent to an activating group) is 2. The average molecular weight is 635 g/mol. The van der Waals surface area contributed by atoms with Crippen molar-refractivity contribution in [3.8, 4) is 0 Å².